The number of carbonyl (C=O) groups is 1. The topological polar surface area (TPSA) is 81.1 Å². The number of rotatable bonds is 5. The lowest BCUT2D eigenvalue weighted by atomic mass is 10.0. The average Bonchev–Trinajstić information content (AvgIpc) is 3.28. The molecular weight excluding hydrogens is 470 g/mol. The average molecular weight is 492 g/mol. The van der Waals surface area contributed by atoms with Gasteiger partial charge in [-0.25, -0.2) is 4.68 Å². The summed E-state index contributed by atoms with van der Waals surface area (Å²) in [5.74, 6) is 1.10. The van der Waals surface area contributed by atoms with Crippen molar-refractivity contribution >= 4 is 35.0 Å². The van der Waals surface area contributed by atoms with Crippen molar-refractivity contribution in [3.8, 4) is 17.1 Å². The zero-order valence-electron chi connectivity index (χ0n) is 18.5. The van der Waals surface area contributed by atoms with Crippen LogP contribution in [0.2, 0.25) is 5.02 Å². The van der Waals surface area contributed by atoms with Crippen molar-refractivity contribution in [2.75, 3.05) is 17.9 Å². The van der Waals surface area contributed by atoms with Gasteiger partial charge in [0.05, 0.1) is 18.2 Å². The van der Waals surface area contributed by atoms with Gasteiger partial charge in [-0.1, -0.05) is 77.5 Å². The molecule has 7 nitrogen and oxygen atoms in total. The Morgan fingerprint density at radius 1 is 1.09 bits per heavy atom. The normalized spacial score (nSPS) is 16.9. The molecule has 0 saturated carbocycles. The van der Waals surface area contributed by atoms with Crippen molar-refractivity contribution in [3.63, 3.8) is 0 Å². The van der Waals surface area contributed by atoms with Gasteiger partial charge in [-0.15, -0.1) is 10.2 Å². The molecule has 9 heteroatoms. The predicted molar refractivity (Wildman–Crippen MR) is 135 cm³/mol. The van der Waals surface area contributed by atoms with Gasteiger partial charge in [0.1, 0.15) is 11.0 Å². The highest BCUT2D eigenvalue weighted by Gasteiger charge is 2.38. The zero-order chi connectivity index (χ0) is 23.7. The summed E-state index contributed by atoms with van der Waals surface area (Å²) in [7, 11) is 1.57. The van der Waals surface area contributed by atoms with Crippen LogP contribution in [-0.4, -0.2) is 33.1 Å². The molecule has 1 amide bonds. The molecular formula is C25H22ClN5O2S. The highest BCUT2D eigenvalue weighted by molar-refractivity contribution is 8.00. The Labute approximate surface area is 206 Å². The van der Waals surface area contributed by atoms with Gasteiger partial charge in [0.15, 0.2) is 5.82 Å². The fourth-order valence-electron chi connectivity index (χ4n) is 3.81. The Morgan fingerprint density at radius 3 is 2.56 bits per heavy atom. The second kappa shape index (κ2) is 9.40. The first-order chi connectivity index (χ1) is 16.5. The van der Waals surface area contributed by atoms with Crippen LogP contribution < -0.4 is 15.5 Å². The summed E-state index contributed by atoms with van der Waals surface area (Å²) in [4.78, 5) is 13.4. The Balaban J connectivity index is 1.52. The van der Waals surface area contributed by atoms with Crippen LogP contribution in [-0.2, 0) is 4.79 Å². The van der Waals surface area contributed by atoms with E-state index in [0.29, 0.717) is 21.8 Å². The number of aryl methyl sites for hydroxylation is 1. The molecule has 1 aliphatic heterocycles. The van der Waals surface area contributed by atoms with Crippen molar-refractivity contribution in [3.05, 3.63) is 88.9 Å². The third-order valence-electron chi connectivity index (χ3n) is 5.58. The number of aromatic nitrogens is 3. The van der Waals surface area contributed by atoms with Gasteiger partial charge in [0.25, 0.3) is 0 Å². The van der Waals surface area contributed by atoms with E-state index in [1.54, 1.807) is 13.2 Å². The third-order valence-corrected chi connectivity index (χ3v) is 7.09. The first-order valence-corrected chi connectivity index (χ1v) is 11.9. The first-order valence-electron chi connectivity index (χ1n) is 10.7. The summed E-state index contributed by atoms with van der Waals surface area (Å²) >= 11 is 7.80. The minimum Gasteiger partial charge on any atom is -0.495 e. The van der Waals surface area contributed by atoms with E-state index in [1.165, 1.54) is 11.8 Å². The number of fused-ring (bicyclic) bond motifs is 1. The maximum Gasteiger partial charge on any atom is 0.240 e. The van der Waals surface area contributed by atoms with Gasteiger partial charge in [0.2, 0.25) is 11.1 Å². The van der Waals surface area contributed by atoms with Crippen molar-refractivity contribution < 1.29 is 9.53 Å². The van der Waals surface area contributed by atoms with Crippen LogP contribution in [0.4, 0.5) is 5.69 Å². The number of anilines is 1. The Hall–Kier alpha value is -3.49. The van der Waals surface area contributed by atoms with E-state index in [2.05, 4.69) is 20.9 Å². The van der Waals surface area contributed by atoms with Crippen molar-refractivity contribution in [1.29, 1.82) is 0 Å². The number of amides is 1. The van der Waals surface area contributed by atoms with Gasteiger partial charge in [-0.05, 0) is 36.8 Å². The molecule has 1 aromatic heterocycles. The summed E-state index contributed by atoms with van der Waals surface area (Å²) < 4.78 is 7.14. The summed E-state index contributed by atoms with van der Waals surface area (Å²) in [6, 6.07) is 22.6. The second-order valence-electron chi connectivity index (χ2n) is 7.90. The van der Waals surface area contributed by atoms with Gasteiger partial charge < -0.3 is 15.5 Å². The second-order valence-corrected chi connectivity index (χ2v) is 9.42. The van der Waals surface area contributed by atoms with Crippen molar-refractivity contribution in [1.82, 2.24) is 14.9 Å². The van der Waals surface area contributed by atoms with E-state index in [1.807, 2.05) is 78.3 Å². The lowest BCUT2D eigenvalue weighted by Gasteiger charge is -2.33. The number of hydrogen-bond donors (Lipinski definition) is 2. The Morgan fingerprint density at radius 2 is 1.85 bits per heavy atom. The number of nitrogens with zero attached hydrogens (tertiary/aromatic N) is 3. The molecule has 1 aliphatic rings. The third kappa shape index (κ3) is 4.34. The summed E-state index contributed by atoms with van der Waals surface area (Å²) in [6.07, 6.45) is 0. The van der Waals surface area contributed by atoms with Crippen LogP contribution in [0.3, 0.4) is 0 Å². The molecule has 0 bridgehead atoms. The van der Waals surface area contributed by atoms with Gasteiger partial charge in [0, 0.05) is 11.3 Å². The van der Waals surface area contributed by atoms with Gasteiger partial charge >= 0.3 is 0 Å². The molecule has 5 rings (SSSR count). The lowest BCUT2D eigenvalue weighted by molar-refractivity contribution is -0.116. The SMILES string of the molecule is COc1ccc([C@H]2Nn3c(nnc3-c3ccccc3)S[C@H]2C(=O)Nc2ccc(C)cc2)cc1Cl. The monoisotopic (exact) mass is 491 g/mol. The fraction of sp³-hybridized carbons (Fsp3) is 0.160. The molecule has 0 saturated heterocycles. The standard InChI is InChI=1S/C25H22ClN5O2S/c1-15-8-11-18(12-9-15)27-24(32)22-21(17-10-13-20(33-2)19(26)14-17)30-31-23(28-29-25(31)34-22)16-6-4-3-5-7-16/h3-14,21-22,30H,1-2H3,(H,27,32)/t21-,22-/m1/s1. The van der Waals surface area contributed by atoms with Crippen LogP contribution in [0.15, 0.2) is 78.0 Å². The molecule has 172 valence electrons. The molecule has 3 aromatic carbocycles. The zero-order valence-corrected chi connectivity index (χ0v) is 20.1. The molecule has 2 heterocycles. The molecule has 0 unspecified atom stereocenters. The van der Waals surface area contributed by atoms with Crippen molar-refractivity contribution in [2.45, 2.75) is 23.4 Å². The lowest BCUT2D eigenvalue weighted by Crippen LogP contribution is -2.41. The summed E-state index contributed by atoms with van der Waals surface area (Å²) in [6.45, 7) is 2.01. The van der Waals surface area contributed by atoms with Gasteiger partial charge in [-0.3, -0.25) is 4.79 Å². The number of hydrogen-bond acceptors (Lipinski definition) is 6. The van der Waals surface area contributed by atoms with E-state index in [-0.39, 0.29) is 5.91 Å². The van der Waals surface area contributed by atoms with E-state index in [9.17, 15) is 4.79 Å². The molecule has 0 spiro atoms. The van der Waals surface area contributed by atoms with Gasteiger partial charge in [-0.2, -0.15) is 0 Å². The first kappa shape index (κ1) is 22.3. The summed E-state index contributed by atoms with van der Waals surface area (Å²) in [5, 5.41) is 12.3. The number of thioether (sulfide) groups is 1. The molecule has 4 aromatic rings. The van der Waals surface area contributed by atoms with Crippen molar-refractivity contribution in [2.24, 2.45) is 0 Å². The molecule has 2 atom stereocenters. The number of ether oxygens (including phenoxy) is 1. The Kier molecular flexibility index (Phi) is 6.17. The fourth-order valence-corrected chi connectivity index (χ4v) is 5.15. The minimum absolute atomic E-state index is 0.145. The quantitative estimate of drug-likeness (QED) is 0.393. The van der Waals surface area contributed by atoms with Crippen LogP contribution in [0.5, 0.6) is 5.75 Å². The van der Waals surface area contributed by atoms with E-state index >= 15 is 0 Å². The molecule has 34 heavy (non-hydrogen) atoms. The number of nitrogens with one attached hydrogen (secondary N) is 2. The number of methoxy groups -OCH3 is 1. The highest BCUT2D eigenvalue weighted by atomic mass is 35.5. The van der Waals surface area contributed by atoms with Crippen LogP contribution in [0.25, 0.3) is 11.4 Å². The van der Waals surface area contributed by atoms with Crippen LogP contribution in [0.1, 0.15) is 17.2 Å². The summed E-state index contributed by atoms with van der Waals surface area (Å²) in [5.41, 5.74) is 7.09. The maximum absolute atomic E-state index is 13.4. The molecule has 0 radical (unpaired) electrons. The molecule has 0 fully saturated rings. The van der Waals surface area contributed by atoms with Crippen LogP contribution >= 0.6 is 23.4 Å². The predicted octanol–water partition coefficient (Wildman–Crippen LogP) is 5.31. The van der Waals surface area contributed by atoms with E-state index < -0.39 is 11.3 Å². The minimum atomic E-state index is -0.522. The smallest absolute Gasteiger partial charge is 0.240 e. The van der Waals surface area contributed by atoms with Crippen LogP contribution in [0, 0.1) is 6.92 Å². The maximum atomic E-state index is 13.4. The van der Waals surface area contributed by atoms with E-state index in [0.717, 1.165) is 22.4 Å². The number of halogens is 1. The number of carbonyl (C=O) groups excluding carboxylic acids is 1. The molecule has 2 N–H and O–H groups in total. The molecule has 0 aliphatic carbocycles. The van der Waals surface area contributed by atoms with E-state index in [4.69, 9.17) is 16.3 Å². The Bertz CT molecular complexity index is 1330. The number of benzene rings is 3. The largest absolute Gasteiger partial charge is 0.495 e. The highest BCUT2D eigenvalue weighted by Crippen LogP contribution is 2.40.